The summed E-state index contributed by atoms with van der Waals surface area (Å²) in [7, 11) is 0. The summed E-state index contributed by atoms with van der Waals surface area (Å²) >= 11 is 0. The van der Waals surface area contributed by atoms with Gasteiger partial charge in [-0.2, -0.15) is 5.26 Å². The summed E-state index contributed by atoms with van der Waals surface area (Å²) in [6.07, 6.45) is 8.37. The number of amidine groups is 1. The maximum atomic E-state index is 14.2. The minimum absolute atomic E-state index is 0.153. The van der Waals surface area contributed by atoms with E-state index in [9.17, 15) is 10.1 Å². The number of aliphatic imine (C=N–C) groups is 1. The number of hydrogen-bond donors (Lipinski definition) is 0. The van der Waals surface area contributed by atoms with Crippen LogP contribution in [0.2, 0.25) is 0 Å². The van der Waals surface area contributed by atoms with Crippen LogP contribution in [-0.4, -0.2) is 22.2 Å². The minimum atomic E-state index is -0.654. The first kappa shape index (κ1) is 20.0. The van der Waals surface area contributed by atoms with Crippen molar-refractivity contribution in [1.29, 1.82) is 5.26 Å². The second-order valence-electron chi connectivity index (χ2n) is 9.19. The molecule has 158 valence electrons. The Hall–Kier alpha value is -2.93. The van der Waals surface area contributed by atoms with Gasteiger partial charge in [0.15, 0.2) is 0 Å². The average molecular weight is 412 g/mol. The Labute approximate surface area is 184 Å². The number of nitriles is 1. The van der Waals surface area contributed by atoms with Crippen molar-refractivity contribution in [1.82, 2.24) is 4.90 Å². The van der Waals surface area contributed by atoms with Crippen LogP contribution in [0.5, 0.6) is 0 Å². The highest BCUT2D eigenvalue weighted by atomic mass is 16.2. The zero-order valence-electron chi connectivity index (χ0n) is 18.2. The predicted molar refractivity (Wildman–Crippen MR) is 122 cm³/mol. The van der Waals surface area contributed by atoms with Gasteiger partial charge in [-0.3, -0.25) is 14.7 Å². The SMILES string of the molecule is CCCCC1=NC2(CCCC2)C(=O)N1C1(c2ccccc2C#N)CCc2ccccc21. The van der Waals surface area contributed by atoms with Crippen LogP contribution >= 0.6 is 0 Å². The summed E-state index contributed by atoms with van der Waals surface area (Å²) in [5, 5.41) is 9.98. The number of carbonyl (C=O) groups excluding carboxylic acids is 1. The van der Waals surface area contributed by atoms with E-state index >= 15 is 0 Å². The van der Waals surface area contributed by atoms with Crippen LogP contribution in [0.4, 0.5) is 0 Å². The van der Waals surface area contributed by atoms with E-state index in [1.165, 1.54) is 5.56 Å². The number of unbranched alkanes of at least 4 members (excludes halogenated alkanes) is 1. The molecule has 5 rings (SSSR count). The average Bonchev–Trinajstić information content (AvgIpc) is 3.50. The Morgan fingerprint density at radius 2 is 1.74 bits per heavy atom. The fraction of sp³-hybridized carbons (Fsp3) is 0.444. The number of nitrogens with zero attached hydrogens (tertiary/aromatic N) is 3. The standard InChI is InChI=1S/C27H29N3O/c1-2-3-14-24-29-26(16-8-9-17-26)25(31)30(24)27(23-13-7-5-11-21(23)19-28)18-15-20-10-4-6-12-22(20)27/h4-7,10-13H,2-3,8-9,14-18H2,1H3. The van der Waals surface area contributed by atoms with E-state index in [4.69, 9.17) is 4.99 Å². The molecule has 1 unspecified atom stereocenters. The van der Waals surface area contributed by atoms with Crippen molar-refractivity contribution in [3.05, 3.63) is 70.8 Å². The molecule has 1 atom stereocenters. The lowest BCUT2D eigenvalue weighted by molar-refractivity contribution is -0.134. The lowest BCUT2D eigenvalue weighted by Crippen LogP contribution is -2.53. The van der Waals surface area contributed by atoms with E-state index in [1.54, 1.807) is 0 Å². The highest BCUT2D eigenvalue weighted by Crippen LogP contribution is 2.52. The number of carbonyl (C=O) groups is 1. The molecule has 0 aromatic heterocycles. The Bertz CT molecular complexity index is 1090. The molecule has 1 amide bonds. The first-order chi connectivity index (χ1) is 15.2. The molecule has 0 saturated heterocycles. The van der Waals surface area contributed by atoms with Gasteiger partial charge in [0.25, 0.3) is 5.91 Å². The third kappa shape index (κ3) is 2.86. The smallest absolute Gasteiger partial charge is 0.256 e. The lowest BCUT2D eigenvalue weighted by Gasteiger charge is -2.42. The molecule has 0 N–H and O–H groups in total. The van der Waals surface area contributed by atoms with Gasteiger partial charge >= 0.3 is 0 Å². The van der Waals surface area contributed by atoms with Crippen LogP contribution < -0.4 is 0 Å². The number of hydrogen-bond acceptors (Lipinski definition) is 3. The quantitative estimate of drug-likeness (QED) is 0.653. The Kier molecular flexibility index (Phi) is 4.93. The molecule has 4 heteroatoms. The highest BCUT2D eigenvalue weighted by Gasteiger charge is 2.58. The molecule has 1 aliphatic heterocycles. The van der Waals surface area contributed by atoms with E-state index < -0.39 is 11.1 Å². The van der Waals surface area contributed by atoms with Crippen molar-refractivity contribution in [3.8, 4) is 6.07 Å². The molecule has 1 fully saturated rings. The molecular formula is C27H29N3O. The second kappa shape index (κ2) is 7.64. The third-order valence-corrected chi connectivity index (χ3v) is 7.48. The van der Waals surface area contributed by atoms with Gasteiger partial charge in [0, 0.05) is 12.0 Å². The topological polar surface area (TPSA) is 56.5 Å². The summed E-state index contributed by atoms with van der Waals surface area (Å²) < 4.78 is 0. The summed E-state index contributed by atoms with van der Waals surface area (Å²) in [5.41, 5.74) is 2.77. The number of rotatable bonds is 5. The highest BCUT2D eigenvalue weighted by molar-refractivity contribution is 6.09. The normalized spacial score (nSPS) is 23.8. The molecule has 0 radical (unpaired) electrons. The maximum Gasteiger partial charge on any atom is 0.256 e. The first-order valence-corrected chi connectivity index (χ1v) is 11.7. The lowest BCUT2D eigenvalue weighted by atomic mass is 9.79. The van der Waals surface area contributed by atoms with E-state index in [1.807, 2.05) is 24.3 Å². The molecule has 1 spiro atoms. The maximum absolute atomic E-state index is 14.2. The van der Waals surface area contributed by atoms with Gasteiger partial charge in [-0.25, -0.2) is 0 Å². The van der Waals surface area contributed by atoms with Gasteiger partial charge in [-0.15, -0.1) is 0 Å². The van der Waals surface area contributed by atoms with Crippen LogP contribution in [0.1, 0.15) is 80.5 Å². The molecule has 2 aliphatic carbocycles. The zero-order chi connectivity index (χ0) is 21.5. The Morgan fingerprint density at radius 1 is 1.03 bits per heavy atom. The van der Waals surface area contributed by atoms with E-state index in [-0.39, 0.29) is 5.91 Å². The summed E-state index contributed by atoms with van der Waals surface area (Å²) in [6, 6.07) is 18.7. The monoisotopic (exact) mass is 411 g/mol. The predicted octanol–water partition coefficient (Wildman–Crippen LogP) is 5.49. The number of fused-ring (bicyclic) bond motifs is 1. The largest absolute Gasteiger partial charge is 0.284 e. The van der Waals surface area contributed by atoms with Gasteiger partial charge in [-0.05, 0) is 49.3 Å². The first-order valence-electron chi connectivity index (χ1n) is 11.7. The molecule has 1 saturated carbocycles. The van der Waals surface area contributed by atoms with Crippen LogP contribution in [0, 0.1) is 11.3 Å². The Balaban J connectivity index is 1.75. The number of benzene rings is 2. The van der Waals surface area contributed by atoms with Crippen LogP contribution in [0.15, 0.2) is 53.5 Å². The molecule has 3 aliphatic rings. The van der Waals surface area contributed by atoms with Gasteiger partial charge in [0.1, 0.15) is 16.9 Å². The van der Waals surface area contributed by atoms with Gasteiger partial charge in [-0.1, -0.05) is 68.7 Å². The van der Waals surface area contributed by atoms with E-state index in [2.05, 4.69) is 42.2 Å². The van der Waals surface area contributed by atoms with Gasteiger partial charge in [0.2, 0.25) is 0 Å². The van der Waals surface area contributed by atoms with Gasteiger partial charge < -0.3 is 0 Å². The van der Waals surface area contributed by atoms with Crippen molar-refractivity contribution >= 4 is 11.7 Å². The van der Waals surface area contributed by atoms with Crippen molar-refractivity contribution in [2.24, 2.45) is 4.99 Å². The minimum Gasteiger partial charge on any atom is -0.284 e. The third-order valence-electron chi connectivity index (χ3n) is 7.48. The number of amides is 1. The summed E-state index contributed by atoms with van der Waals surface area (Å²) in [6.45, 7) is 2.18. The molecule has 31 heavy (non-hydrogen) atoms. The summed E-state index contributed by atoms with van der Waals surface area (Å²) in [5.74, 6) is 1.08. The fourth-order valence-corrected chi connectivity index (χ4v) is 6.02. The van der Waals surface area contributed by atoms with E-state index in [0.717, 1.165) is 74.7 Å². The number of aryl methyl sites for hydroxylation is 1. The van der Waals surface area contributed by atoms with Crippen molar-refractivity contribution in [2.45, 2.75) is 75.8 Å². The molecular weight excluding hydrogens is 382 g/mol. The molecule has 2 aromatic rings. The van der Waals surface area contributed by atoms with Gasteiger partial charge in [0.05, 0.1) is 11.6 Å². The van der Waals surface area contributed by atoms with Crippen LogP contribution in [0.3, 0.4) is 0 Å². The van der Waals surface area contributed by atoms with Crippen molar-refractivity contribution < 1.29 is 4.79 Å². The van der Waals surface area contributed by atoms with Crippen LogP contribution in [-0.2, 0) is 16.8 Å². The zero-order valence-corrected chi connectivity index (χ0v) is 18.2. The summed E-state index contributed by atoms with van der Waals surface area (Å²) in [4.78, 5) is 21.4. The van der Waals surface area contributed by atoms with E-state index in [0.29, 0.717) is 5.56 Å². The Morgan fingerprint density at radius 3 is 2.48 bits per heavy atom. The molecule has 4 nitrogen and oxygen atoms in total. The van der Waals surface area contributed by atoms with Crippen LogP contribution in [0.25, 0.3) is 0 Å². The molecule has 2 aromatic carbocycles. The second-order valence-corrected chi connectivity index (χ2v) is 9.19. The van der Waals surface area contributed by atoms with Crippen molar-refractivity contribution in [3.63, 3.8) is 0 Å². The molecule has 1 heterocycles. The van der Waals surface area contributed by atoms with Crippen molar-refractivity contribution in [2.75, 3.05) is 0 Å². The molecule has 0 bridgehead atoms. The fourth-order valence-electron chi connectivity index (χ4n) is 6.02.